The molecule has 0 rings (SSSR count). The van der Waals surface area contributed by atoms with Gasteiger partial charge in [-0.15, -0.1) is 0 Å². The van der Waals surface area contributed by atoms with Crippen LogP contribution in [0.4, 0.5) is 0 Å². The summed E-state index contributed by atoms with van der Waals surface area (Å²) in [7, 11) is 0. The lowest BCUT2D eigenvalue weighted by Crippen LogP contribution is -2.36. The predicted molar refractivity (Wildman–Crippen MR) is 60.2 cm³/mol. The molecule has 0 atom stereocenters. The van der Waals surface area contributed by atoms with E-state index in [0.717, 1.165) is 30.4 Å². The number of hydrogen-bond acceptors (Lipinski definition) is 0. The van der Waals surface area contributed by atoms with Crippen molar-refractivity contribution >= 4 is 0 Å². The summed E-state index contributed by atoms with van der Waals surface area (Å²) in [5.41, 5.74) is 0. The van der Waals surface area contributed by atoms with Crippen molar-refractivity contribution in [3.63, 3.8) is 0 Å². The lowest BCUT2D eigenvalue weighted by molar-refractivity contribution is -0.824. The molecule has 0 N–H and O–H groups in total. The molecule has 0 saturated heterocycles. The summed E-state index contributed by atoms with van der Waals surface area (Å²) >= 11 is 0. The first kappa shape index (κ1) is 12.4. The van der Waals surface area contributed by atoms with Crippen LogP contribution in [0.5, 0.6) is 0 Å². The molecule has 0 aromatic heterocycles. The molecular formula is C12H24N+. The Kier molecular flexibility index (Phi) is 6.61. The highest BCUT2D eigenvalue weighted by molar-refractivity contribution is 4.80. The Morgan fingerprint density at radius 2 is 1.15 bits per heavy atom. The molecule has 13 heavy (non-hydrogen) atoms. The largest absolute Gasteiger partial charge is 0.272 e. The predicted octanol–water partition coefficient (Wildman–Crippen LogP) is 3.69. The molecule has 0 saturated carbocycles. The molecule has 0 unspecified atom stereocenters. The van der Waals surface area contributed by atoms with Crippen LogP contribution < -0.4 is 0 Å². The van der Waals surface area contributed by atoms with Gasteiger partial charge in [0.1, 0.15) is 0 Å². The molecule has 0 aromatic carbocycles. The maximum absolute atomic E-state index is 2.31. The molecule has 76 valence electrons. The summed E-state index contributed by atoms with van der Waals surface area (Å²) in [5.74, 6) is 0. The van der Waals surface area contributed by atoms with E-state index in [-0.39, 0.29) is 0 Å². The van der Waals surface area contributed by atoms with Crippen molar-refractivity contribution in [2.24, 2.45) is 0 Å². The third-order valence-corrected chi connectivity index (χ3v) is 2.45. The zero-order chi connectivity index (χ0) is 10.2. The van der Waals surface area contributed by atoms with E-state index in [1.807, 2.05) is 0 Å². The Morgan fingerprint density at radius 1 is 0.769 bits per heavy atom. The molecule has 0 aliphatic rings. The second-order valence-electron chi connectivity index (χ2n) is 3.32. The summed E-state index contributed by atoms with van der Waals surface area (Å²) in [5, 5.41) is 0. The first-order valence-electron chi connectivity index (χ1n) is 5.46. The van der Waals surface area contributed by atoms with Crippen molar-refractivity contribution in [2.45, 2.75) is 40.5 Å². The van der Waals surface area contributed by atoms with Crippen LogP contribution in [0.1, 0.15) is 40.5 Å². The van der Waals surface area contributed by atoms with Gasteiger partial charge in [0.05, 0.1) is 25.5 Å². The highest BCUT2D eigenvalue weighted by Gasteiger charge is 2.15. The van der Waals surface area contributed by atoms with E-state index in [2.05, 4.69) is 52.2 Å². The minimum atomic E-state index is 0.988. The van der Waals surface area contributed by atoms with Crippen LogP contribution in [0, 0.1) is 0 Å². The van der Waals surface area contributed by atoms with Gasteiger partial charge in [-0.25, -0.2) is 0 Å². The average Bonchev–Trinajstić information content (AvgIpc) is 2.20. The summed E-state index contributed by atoms with van der Waals surface area (Å²) in [4.78, 5) is 0. The van der Waals surface area contributed by atoms with Crippen LogP contribution in [-0.2, 0) is 0 Å². The fourth-order valence-corrected chi connectivity index (χ4v) is 1.33. The van der Waals surface area contributed by atoms with Crippen LogP contribution in [-0.4, -0.2) is 17.6 Å². The van der Waals surface area contributed by atoms with Gasteiger partial charge >= 0.3 is 0 Å². The van der Waals surface area contributed by atoms with E-state index in [4.69, 9.17) is 0 Å². The molecule has 1 nitrogen and oxygen atoms in total. The van der Waals surface area contributed by atoms with Crippen molar-refractivity contribution < 1.29 is 4.48 Å². The topological polar surface area (TPSA) is 0 Å². The molecule has 1 heteroatoms. The van der Waals surface area contributed by atoms with Crippen molar-refractivity contribution in [1.29, 1.82) is 0 Å². The first-order chi connectivity index (χ1) is 6.24. The second kappa shape index (κ2) is 6.90. The summed E-state index contributed by atoms with van der Waals surface area (Å²) in [6.07, 6.45) is 11.4. The highest BCUT2D eigenvalue weighted by atomic mass is 15.3. The SMILES string of the molecule is CC/C=C/[N+](/C=C/CC)(CC)CC. The standard InChI is InChI=1S/C12H24N/c1-5-9-11-13(7-3,8-4)12-10-6-2/h9-12H,5-8H2,1-4H3/q+1/b11-9+,12-10+. The van der Waals surface area contributed by atoms with E-state index in [0.29, 0.717) is 0 Å². The second-order valence-corrected chi connectivity index (χ2v) is 3.32. The smallest absolute Gasteiger partial charge is 0.0963 e. The van der Waals surface area contributed by atoms with Crippen LogP contribution >= 0.6 is 0 Å². The zero-order valence-electron chi connectivity index (χ0n) is 9.59. The van der Waals surface area contributed by atoms with Crippen molar-refractivity contribution in [2.75, 3.05) is 13.1 Å². The molecule has 0 radical (unpaired) electrons. The lowest BCUT2D eigenvalue weighted by atomic mass is 10.3. The summed E-state index contributed by atoms with van der Waals surface area (Å²) in [6, 6.07) is 0. The van der Waals surface area contributed by atoms with Crippen LogP contribution in [0.25, 0.3) is 0 Å². The first-order valence-corrected chi connectivity index (χ1v) is 5.46. The van der Waals surface area contributed by atoms with Gasteiger partial charge in [0.15, 0.2) is 0 Å². The number of rotatable bonds is 6. The fourth-order valence-electron chi connectivity index (χ4n) is 1.33. The van der Waals surface area contributed by atoms with Gasteiger partial charge in [0, 0.05) is 0 Å². The molecule has 0 fully saturated rings. The molecule has 0 bridgehead atoms. The van der Waals surface area contributed by atoms with Gasteiger partial charge in [-0.2, -0.15) is 0 Å². The Morgan fingerprint density at radius 3 is 1.38 bits per heavy atom. The Balaban J connectivity index is 4.48. The van der Waals surface area contributed by atoms with E-state index >= 15 is 0 Å². The summed E-state index contributed by atoms with van der Waals surface area (Å²) < 4.78 is 0.988. The monoisotopic (exact) mass is 182 g/mol. The van der Waals surface area contributed by atoms with E-state index in [1.165, 1.54) is 0 Å². The number of allylic oxidation sites excluding steroid dienone is 2. The number of hydrogen-bond donors (Lipinski definition) is 0. The van der Waals surface area contributed by atoms with Gasteiger partial charge in [-0.3, -0.25) is 4.48 Å². The molecule has 0 aliphatic heterocycles. The number of nitrogens with zero attached hydrogens (tertiary/aromatic N) is 1. The Labute approximate surface area is 83.3 Å². The van der Waals surface area contributed by atoms with Crippen LogP contribution in [0.3, 0.4) is 0 Å². The molecule has 0 aliphatic carbocycles. The Hall–Kier alpha value is -0.560. The number of quaternary nitrogens is 1. The molecule has 0 heterocycles. The van der Waals surface area contributed by atoms with E-state index in [9.17, 15) is 0 Å². The van der Waals surface area contributed by atoms with Crippen LogP contribution in [0.2, 0.25) is 0 Å². The zero-order valence-corrected chi connectivity index (χ0v) is 9.59. The fraction of sp³-hybridized carbons (Fsp3) is 0.667. The molecular weight excluding hydrogens is 158 g/mol. The maximum Gasteiger partial charge on any atom is 0.0963 e. The molecule has 0 spiro atoms. The maximum atomic E-state index is 2.31. The molecule has 0 amide bonds. The summed E-state index contributed by atoms with van der Waals surface area (Å²) in [6.45, 7) is 11.1. The normalized spacial score (nSPS) is 13.2. The third-order valence-electron chi connectivity index (χ3n) is 2.45. The van der Waals surface area contributed by atoms with Crippen molar-refractivity contribution in [1.82, 2.24) is 0 Å². The minimum Gasteiger partial charge on any atom is -0.272 e. The average molecular weight is 182 g/mol. The van der Waals surface area contributed by atoms with Crippen LogP contribution in [0.15, 0.2) is 24.6 Å². The van der Waals surface area contributed by atoms with Gasteiger partial charge < -0.3 is 0 Å². The Bertz CT molecular complexity index is 148. The van der Waals surface area contributed by atoms with Gasteiger partial charge in [-0.05, 0) is 38.8 Å². The van der Waals surface area contributed by atoms with E-state index < -0.39 is 0 Å². The van der Waals surface area contributed by atoms with E-state index in [1.54, 1.807) is 0 Å². The quantitative estimate of drug-likeness (QED) is 0.550. The molecule has 0 aromatic rings. The van der Waals surface area contributed by atoms with Gasteiger partial charge in [0.25, 0.3) is 0 Å². The third kappa shape index (κ3) is 4.28. The lowest BCUT2D eigenvalue weighted by Gasteiger charge is -2.28. The van der Waals surface area contributed by atoms with Gasteiger partial charge in [0.2, 0.25) is 0 Å². The minimum absolute atomic E-state index is 0.988. The highest BCUT2D eigenvalue weighted by Crippen LogP contribution is 2.10. The van der Waals surface area contributed by atoms with Crippen molar-refractivity contribution in [3.05, 3.63) is 24.6 Å². The van der Waals surface area contributed by atoms with Gasteiger partial charge in [-0.1, -0.05) is 13.8 Å². The van der Waals surface area contributed by atoms with Crippen molar-refractivity contribution in [3.8, 4) is 0 Å².